The zero-order valence-electron chi connectivity index (χ0n) is 18.0. The minimum absolute atomic E-state index is 0.171. The Balaban J connectivity index is 1.85. The first-order chi connectivity index (χ1) is 15.4. The lowest BCUT2D eigenvalue weighted by Gasteiger charge is -2.09. The molecule has 0 bridgehead atoms. The molecule has 0 atom stereocenters. The van der Waals surface area contributed by atoms with E-state index >= 15 is 0 Å². The number of fused-ring (bicyclic) bond motifs is 1. The van der Waals surface area contributed by atoms with Gasteiger partial charge >= 0.3 is 11.7 Å². The maximum Gasteiger partial charge on any atom is 0.335 e. The summed E-state index contributed by atoms with van der Waals surface area (Å²) in [6, 6.07) is 6.52. The van der Waals surface area contributed by atoms with E-state index in [4.69, 9.17) is 4.52 Å². The number of nitrogens with zero attached hydrogens (tertiary/aromatic N) is 4. The van der Waals surface area contributed by atoms with E-state index in [0.29, 0.717) is 48.5 Å². The quantitative estimate of drug-likeness (QED) is 0.453. The van der Waals surface area contributed by atoms with Crippen LogP contribution in [0.5, 0.6) is 0 Å². The molecule has 0 fully saturated rings. The van der Waals surface area contributed by atoms with Gasteiger partial charge in [-0.2, -0.15) is 0 Å². The minimum Gasteiger partial charge on any atom is -0.478 e. The summed E-state index contributed by atoms with van der Waals surface area (Å²) in [7, 11) is 0. The van der Waals surface area contributed by atoms with Crippen molar-refractivity contribution in [2.45, 2.75) is 46.7 Å². The Kier molecular flexibility index (Phi) is 5.52. The maximum atomic E-state index is 12.9. The zero-order chi connectivity index (χ0) is 23.0. The van der Waals surface area contributed by atoms with E-state index in [1.54, 1.807) is 25.1 Å². The van der Waals surface area contributed by atoms with Crippen LogP contribution in [0.1, 0.15) is 42.6 Å². The van der Waals surface area contributed by atoms with Crippen LogP contribution in [0.15, 0.2) is 38.4 Å². The third kappa shape index (κ3) is 3.43. The number of benzene rings is 1. The average Bonchev–Trinajstić information content (AvgIpc) is 3.42. The summed E-state index contributed by atoms with van der Waals surface area (Å²) < 4.78 is 8.17. The van der Waals surface area contributed by atoms with Crippen molar-refractivity contribution in [3.8, 4) is 22.8 Å². The van der Waals surface area contributed by atoms with Crippen molar-refractivity contribution >= 4 is 17.1 Å². The van der Waals surface area contributed by atoms with Gasteiger partial charge in [0.05, 0.1) is 5.56 Å². The van der Waals surface area contributed by atoms with Crippen molar-refractivity contribution in [3.63, 3.8) is 0 Å². The zero-order valence-corrected chi connectivity index (χ0v) is 18.0. The largest absolute Gasteiger partial charge is 0.478 e. The molecule has 3 heterocycles. The molecule has 4 aromatic rings. The Hall–Kier alpha value is -3.95. The fraction of sp³-hybridized carbons (Fsp3) is 0.318. The summed E-state index contributed by atoms with van der Waals surface area (Å²) in [5.74, 6) is -0.369. The summed E-state index contributed by atoms with van der Waals surface area (Å²) in [4.78, 5) is 44.6. The molecular weight excluding hydrogens is 414 g/mol. The summed E-state index contributed by atoms with van der Waals surface area (Å²) in [5.41, 5.74) is 1.35. The Morgan fingerprint density at radius 2 is 1.88 bits per heavy atom. The monoisotopic (exact) mass is 437 g/mol. The smallest absolute Gasteiger partial charge is 0.335 e. The van der Waals surface area contributed by atoms with Crippen molar-refractivity contribution in [1.29, 1.82) is 0 Å². The molecule has 0 saturated carbocycles. The highest BCUT2D eigenvalue weighted by molar-refractivity contribution is 5.91. The number of rotatable bonds is 7. The van der Waals surface area contributed by atoms with Gasteiger partial charge in [-0.25, -0.2) is 14.6 Å². The minimum atomic E-state index is -1.03. The number of carbonyl (C=O) groups is 1. The third-order valence-corrected chi connectivity index (χ3v) is 5.34. The standard InChI is InChI=1S/C22H23N5O5/c1-4-9-26-19-17(20(28)27(10-5-2)22(26)31)23-18(24-19)15-11-16(32-25-15)13-7-6-8-14(12(13)3)21(29)30/h6-8,11H,4-5,9-10H2,1-3H3,(H,23,24)(H,29,30). The van der Waals surface area contributed by atoms with Crippen LogP contribution in [0.3, 0.4) is 0 Å². The van der Waals surface area contributed by atoms with Crippen molar-refractivity contribution < 1.29 is 14.4 Å². The van der Waals surface area contributed by atoms with Crippen molar-refractivity contribution in [3.05, 3.63) is 56.2 Å². The fourth-order valence-electron chi connectivity index (χ4n) is 3.78. The normalized spacial score (nSPS) is 11.3. The highest BCUT2D eigenvalue weighted by atomic mass is 16.5. The topological polar surface area (TPSA) is 136 Å². The van der Waals surface area contributed by atoms with Gasteiger partial charge in [0.1, 0.15) is 11.2 Å². The molecule has 166 valence electrons. The second-order valence-electron chi connectivity index (χ2n) is 7.53. The SMILES string of the molecule is CCCn1c(=O)c2[nH]c(-c3cc(-c4cccc(C(=O)O)c4C)on3)nc2n(CCC)c1=O. The van der Waals surface area contributed by atoms with Crippen LogP contribution in [0.2, 0.25) is 0 Å². The van der Waals surface area contributed by atoms with Gasteiger partial charge in [-0.05, 0) is 31.4 Å². The molecule has 0 spiro atoms. The van der Waals surface area contributed by atoms with Crippen molar-refractivity contribution in [2.75, 3.05) is 0 Å². The van der Waals surface area contributed by atoms with E-state index in [2.05, 4.69) is 15.1 Å². The highest BCUT2D eigenvalue weighted by Crippen LogP contribution is 2.29. The van der Waals surface area contributed by atoms with Gasteiger partial charge in [0.2, 0.25) is 0 Å². The molecule has 0 aliphatic carbocycles. The van der Waals surface area contributed by atoms with E-state index < -0.39 is 11.5 Å². The molecule has 0 aliphatic heterocycles. The molecule has 0 saturated heterocycles. The van der Waals surface area contributed by atoms with E-state index in [9.17, 15) is 19.5 Å². The summed E-state index contributed by atoms with van der Waals surface area (Å²) in [5, 5.41) is 13.4. The Bertz CT molecular complexity index is 1440. The summed E-state index contributed by atoms with van der Waals surface area (Å²) in [6.07, 6.45) is 1.35. The number of aryl methyl sites for hydroxylation is 1. The highest BCUT2D eigenvalue weighted by Gasteiger charge is 2.20. The number of H-pyrrole nitrogens is 1. The van der Waals surface area contributed by atoms with Crippen molar-refractivity contribution in [1.82, 2.24) is 24.3 Å². The molecule has 10 heteroatoms. The lowest BCUT2D eigenvalue weighted by molar-refractivity contribution is 0.0696. The molecule has 0 aliphatic rings. The Morgan fingerprint density at radius 1 is 1.16 bits per heavy atom. The molecular formula is C22H23N5O5. The molecule has 0 unspecified atom stereocenters. The number of aromatic amines is 1. The van der Waals surface area contributed by atoms with Crippen LogP contribution >= 0.6 is 0 Å². The molecule has 4 rings (SSSR count). The second-order valence-corrected chi connectivity index (χ2v) is 7.53. The molecule has 10 nitrogen and oxygen atoms in total. The van der Waals surface area contributed by atoms with E-state index in [1.807, 2.05) is 13.8 Å². The van der Waals surface area contributed by atoms with Gasteiger partial charge in [0.15, 0.2) is 17.2 Å². The lowest BCUT2D eigenvalue weighted by Crippen LogP contribution is -2.40. The first-order valence-corrected chi connectivity index (χ1v) is 10.4. The van der Waals surface area contributed by atoms with Crippen LogP contribution < -0.4 is 11.2 Å². The first kappa shape index (κ1) is 21.3. The average molecular weight is 437 g/mol. The van der Waals surface area contributed by atoms with Gasteiger partial charge in [-0.1, -0.05) is 31.1 Å². The summed E-state index contributed by atoms with van der Waals surface area (Å²) >= 11 is 0. The predicted molar refractivity (Wildman–Crippen MR) is 118 cm³/mol. The van der Waals surface area contributed by atoms with Gasteiger partial charge < -0.3 is 14.6 Å². The number of hydrogen-bond donors (Lipinski definition) is 2. The molecule has 32 heavy (non-hydrogen) atoms. The van der Waals surface area contributed by atoms with Crippen LogP contribution in [0, 0.1) is 6.92 Å². The molecule has 0 amide bonds. The van der Waals surface area contributed by atoms with Gasteiger partial charge in [-0.15, -0.1) is 0 Å². The maximum absolute atomic E-state index is 12.9. The van der Waals surface area contributed by atoms with Crippen LogP contribution in [-0.2, 0) is 13.1 Å². The lowest BCUT2D eigenvalue weighted by atomic mass is 10.0. The molecule has 3 aromatic heterocycles. The number of imidazole rings is 1. The summed E-state index contributed by atoms with van der Waals surface area (Å²) in [6.45, 7) is 6.28. The Morgan fingerprint density at radius 3 is 2.56 bits per heavy atom. The first-order valence-electron chi connectivity index (χ1n) is 10.4. The van der Waals surface area contributed by atoms with Crippen LogP contribution in [-0.4, -0.2) is 35.3 Å². The third-order valence-electron chi connectivity index (χ3n) is 5.34. The van der Waals surface area contributed by atoms with E-state index in [-0.39, 0.29) is 28.2 Å². The number of carboxylic acids is 1. The van der Waals surface area contributed by atoms with Crippen LogP contribution in [0.25, 0.3) is 34.0 Å². The molecule has 1 aromatic carbocycles. The Labute approximate surface area is 182 Å². The van der Waals surface area contributed by atoms with Gasteiger partial charge in [0.25, 0.3) is 5.56 Å². The molecule has 2 N–H and O–H groups in total. The van der Waals surface area contributed by atoms with Crippen molar-refractivity contribution in [2.24, 2.45) is 0 Å². The van der Waals surface area contributed by atoms with E-state index in [0.717, 1.165) is 0 Å². The molecule has 0 radical (unpaired) electrons. The number of nitrogens with one attached hydrogen (secondary N) is 1. The second kappa shape index (κ2) is 8.29. The predicted octanol–water partition coefficient (Wildman–Crippen LogP) is 3.03. The number of aromatic nitrogens is 5. The fourth-order valence-corrected chi connectivity index (χ4v) is 3.78. The number of hydrogen-bond acceptors (Lipinski definition) is 6. The van der Waals surface area contributed by atoms with Gasteiger partial charge in [0, 0.05) is 24.7 Å². The number of aromatic carboxylic acids is 1. The van der Waals surface area contributed by atoms with Crippen LogP contribution in [0.4, 0.5) is 0 Å². The number of carboxylic acid groups (broad SMARTS) is 1. The van der Waals surface area contributed by atoms with Gasteiger partial charge in [-0.3, -0.25) is 13.9 Å². The van der Waals surface area contributed by atoms with E-state index in [1.165, 1.54) is 15.2 Å².